The molecular formula is C18H13Cl3N2O5S. The van der Waals surface area contributed by atoms with Gasteiger partial charge in [0.1, 0.15) is 23.7 Å². The second-order valence-electron chi connectivity index (χ2n) is 6.70. The van der Waals surface area contributed by atoms with E-state index in [2.05, 4.69) is 0 Å². The second kappa shape index (κ2) is 7.19. The fourth-order valence-electron chi connectivity index (χ4n) is 3.52. The summed E-state index contributed by atoms with van der Waals surface area (Å²) >= 11 is 18.2. The standard InChI is InChI=1S/C18H13Cl3N2O5S/c1-8-6-29-16-12(22-13(24)9-4-2-3-5-10(9)14(22)25)15(26)23(16)11(8)17(27)28-7-18(19,20)21/h2-5,12,16H,6-7H2,1H3/t12?,16-/m0/s1. The smallest absolute Gasteiger partial charge is 0.355 e. The van der Waals surface area contributed by atoms with Crippen LogP contribution in [0.2, 0.25) is 0 Å². The molecule has 0 aromatic heterocycles. The third-order valence-corrected chi connectivity index (χ3v) is 6.53. The highest BCUT2D eigenvalue weighted by molar-refractivity contribution is 8.00. The Kier molecular flexibility index (Phi) is 5.09. The van der Waals surface area contributed by atoms with Crippen LogP contribution in [0, 0.1) is 0 Å². The van der Waals surface area contributed by atoms with Crippen molar-refractivity contribution in [1.29, 1.82) is 0 Å². The Bertz CT molecular complexity index is 955. The molecule has 1 aromatic carbocycles. The maximum atomic E-state index is 12.9. The van der Waals surface area contributed by atoms with Crippen LogP contribution in [-0.2, 0) is 14.3 Å². The molecule has 3 amide bonds. The Morgan fingerprint density at radius 1 is 1.14 bits per heavy atom. The first-order chi connectivity index (χ1) is 13.6. The number of carbonyl (C=O) groups is 4. The number of halogens is 3. The largest absolute Gasteiger partial charge is 0.456 e. The summed E-state index contributed by atoms with van der Waals surface area (Å²) in [6.07, 6.45) is 0. The summed E-state index contributed by atoms with van der Waals surface area (Å²) in [6.45, 7) is 1.22. The number of imide groups is 1. The number of hydrogen-bond donors (Lipinski definition) is 0. The van der Waals surface area contributed by atoms with Gasteiger partial charge in [-0.2, -0.15) is 0 Å². The first-order valence-corrected chi connectivity index (χ1v) is 10.7. The van der Waals surface area contributed by atoms with Crippen molar-refractivity contribution in [2.75, 3.05) is 12.4 Å². The molecule has 7 nitrogen and oxygen atoms in total. The molecule has 0 radical (unpaired) electrons. The van der Waals surface area contributed by atoms with Crippen molar-refractivity contribution in [2.24, 2.45) is 0 Å². The molecule has 0 bridgehead atoms. The Morgan fingerprint density at radius 2 is 1.72 bits per heavy atom. The third kappa shape index (κ3) is 3.32. The zero-order valence-corrected chi connectivity index (χ0v) is 17.9. The van der Waals surface area contributed by atoms with E-state index < -0.39 is 45.5 Å². The van der Waals surface area contributed by atoms with Gasteiger partial charge in [0, 0.05) is 5.75 Å². The van der Waals surface area contributed by atoms with E-state index in [-0.39, 0.29) is 16.8 Å². The Hall–Kier alpha value is -1.74. The summed E-state index contributed by atoms with van der Waals surface area (Å²) in [4.78, 5) is 53.1. The van der Waals surface area contributed by atoms with Gasteiger partial charge in [-0.3, -0.25) is 24.2 Å². The summed E-state index contributed by atoms with van der Waals surface area (Å²) in [6, 6.07) is 5.42. The van der Waals surface area contributed by atoms with Crippen LogP contribution in [0.5, 0.6) is 0 Å². The third-order valence-electron chi connectivity index (χ3n) is 4.79. The summed E-state index contributed by atoms with van der Waals surface area (Å²) in [7, 11) is 0. The molecule has 0 N–H and O–H groups in total. The number of nitrogens with zero attached hydrogens (tertiary/aromatic N) is 2. The number of benzene rings is 1. The lowest BCUT2D eigenvalue weighted by Crippen LogP contribution is -2.71. The van der Waals surface area contributed by atoms with Crippen molar-refractivity contribution >= 4 is 70.3 Å². The van der Waals surface area contributed by atoms with Crippen molar-refractivity contribution < 1.29 is 23.9 Å². The molecule has 3 heterocycles. The van der Waals surface area contributed by atoms with Crippen LogP contribution in [0.25, 0.3) is 0 Å². The molecule has 4 rings (SSSR count). The fourth-order valence-corrected chi connectivity index (χ4v) is 5.02. The number of amides is 3. The van der Waals surface area contributed by atoms with Crippen LogP contribution in [0.4, 0.5) is 0 Å². The molecule has 3 aliphatic rings. The van der Waals surface area contributed by atoms with E-state index in [9.17, 15) is 19.2 Å². The van der Waals surface area contributed by atoms with Gasteiger partial charge < -0.3 is 4.74 Å². The average molecular weight is 476 g/mol. The molecule has 1 aromatic rings. The molecule has 0 spiro atoms. The van der Waals surface area contributed by atoms with Gasteiger partial charge in [-0.15, -0.1) is 11.8 Å². The van der Waals surface area contributed by atoms with Crippen molar-refractivity contribution in [3.05, 3.63) is 46.7 Å². The summed E-state index contributed by atoms with van der Waals surface area (Å²) in [5.41, 5.74) is 1.20. The monoisotopic (exact) mass is 474 g/mol. The molecule has 2 atom stereocenters. The van der Waals surface area contributed by atoms with Crippen molar-refractivity contribution in [2.45, 2.75) is 22.1 Å². The number of carbonyl (C=O) groups excluding carboxylic acids is 4. The zero-order valence-electron chi connectivity index (χ0n) is 14.9. The van der Waals surface area contributed by atoms with Crippen molar-refractivity contribution in [1.82, 2.24) is 9.80 Å². The van der Waals surface area contributed by atoms with Gasteiger partial charge >= 0.3 is 5.97 Å². The SMILES string of the molecule is CC1=C(C(=O)OCC(Cl)(Cl)Cl)N2C(=O)C(N3C(=O)c4ccccc4C3=O)[C@@H]2SC1. The van der Waals surface area contributed by atoms with Gasteiger partial charge in [-0.05, 0) is 24.6 Å². The maximum Gasteiger partial charge on any atom is 0.355 e. The summed E-state index contributed by atoms with van der Waals surface area (Å²) in [5, 5.41) is -0.580. The van der Waals surface area contributed by atoms with E-state index in [1.165, 1.54) is 16.7 Å². The Balaban J connectivity index is 1.58. The highest BCUT2D eigenvalue weighted by Gasteiger charge is 2.59. The molecule has 11 heteroatoms. The van der Waals surface area contributed by atoms with E-state index in [0.717, 1.165) is 4.90 Å². The number of alkyl halides is 3. The van der Waals surface area contributed by atoms with Crippen molar-refractivity contribution in [3.8, 4) is 0 Å². The van der Waals surface area contributed by atoms with Crippen LogP contribution < -0.4 is 0 Å². The van der Waals surface area contributed by atoms with Gasteiger partial charge in [-0.1, -0.05) is 46.9 Å². The first kappa shape index (κ1) is 20.5. The summed E-state index contributed by atoms with van der Waals surface area (Å²) < 4.78 is 3.24. The number of ether oxygens (including phenoxy) is 1. The van der Waals surface area contributed by atoms with Gasteiger partial charge in [-0.25, -0.2) is 4.79 Å². The maximum absolute atomic E-state index is 12.9. The fraction of sp³-hybridized carbons (Fsp3) is 0.333. The van der Waals surface area contributed by atoms with E-state index in [1.807, 2.05) is 0 Å². The minimum atomic E-state index is -1.78. The lowest BCUT2D eigenvalue weighted by atomic mass is 10.0. The minimum absolute atomic E-state index is 0.0564. The first-order valence-electron chi connectivity index (χ1n) is 8.47. The molecule has 0 aliphatic carbocycles. The van der Waals surface area contributed by atoms with Crippen LogP contribution in [0.1, 0.15) is 27.6 Å². The molecule has 152 valence electrons. The minimum Gasteiger partial charge on any atom is -0.456 e. The number of rotatable bonds is 3. The lowest BCUT2D eigenvalue weighted by molar-refractivity contribution is -0.154. The normalized spacial score (nSPS) is 23.8. The number of β-lactam (4-membered cyclic amide) rings is 1. The summed E-state index contributed by atoms with van der Waals surface area (Å²) in [5.74, 6) is -1.94. The zero-order chi connectivity index (χ0) is 21.1. The molecular weight excluding hydrogens is 463 g/mol. The highest BCUT2D eigenvalue weighted by Crippen LogP contribution is 2.44. The molecule has 0 saturated carbocycles. The lowest BCUT2D eigenvalue weighted by Gasteiger charge is -2.51. The van der Waals surface area contributed by atoms with Gasteiger partial charge in [0.05, 0.1) is 11.1 Å². The van der Waals surface area contributed by atoms with Crippen LogP contribution in [0.3, 0.4) is 0 Å². The van der Waals surface area contributed by atoms with Crippen molar-refractivity contribution in [3.63, 3.8) is 0 Å². The highest BCUT2D eigenvalue weighted by atomic mass is 35.6. The van der Waals surface area contributed by atoms with Gasteiger partial charge in [0.25, 0.3) is 17.7 Å². The van der Waals surface area contributed by atoms with Gasteiger partial charge in [0.2, 0.25) is 3.79 Å². The van der Waals surface area contributed by atoms with Crippen LogP contribution in [0.15, 0.2) is 35.5 Å². The van der Waals surface area contributed by atoms with E-state index in [0.29, 0.717) is 11.3 Å². The quantitative estimate of drug-likeness (QED) is 0.289. The molecule has 1 fully saturated rings. The van der Waals surface area contributed by atoms with Crippen LogP contribution >= 0.6 is 46.6 Å². The number of hydrogen-bond acceptors (Lipinski definition) is 6. The second-order valence-corrected chi connectivity index (χ2v) is 10.3. The number of esters is 1. The Morgan fingerprint density at radius 3 is 2.28 bits per heavy atom. The predicted molar refractivity (Wildman–Crippen MR) is 108 cm³/mol. The van der Waals surface area contributed by atoms with E-state index >= 15 is 0 Å². The van der Waals surface area contributed by atoms with Crippen LogP contribution in [-0.4, -0.2) is 61.1 Å². The topological polar surface area (TPSA) is 84.0 Å². The van der Waals surface area contributed by atoms with Gasteiger partial charge in [0.15, 0.2) is 0 Å². The van der Waals surface area contributed by atoms with E-state index in [4.69, 9.17) is 39.5 Å². The number of thioether (sulfide) groups is 1. The molecule has 1 unspecified atom stereocenters. The molecule has 29 heavy (non-hydrogen) atoms. The van der Waals surface area contributed by atoms with E-state index in [1.54, 1.807) is 31.2 Å². The Labute approximate surface area is 184 Å². The molecule has 1 saturated heterocycles. The molecule has 3 aliphatic heterocycles. The predicted octanol–water partition coefficient (Wildman–Crippen LogP) is 2.75. The average Bonchev–Trinajstić information content (AvgIpc) is 2.91. The number of fused-ring (bicyclic) bond motifs is 2.